The van der Waals surface area contributed by atoms with Crippen LogP contribution in [0.1, 0.15) is 30.1 Å². The molecule has 7 nitrogen and oxygen atoms in total. The molecule has 0 aliphatic heterocycles. The Bertz CT molecular complexity index is 1260. The number of carbonyl (C=O) groups excluding carboxylic acids is 1. The molecule has 150 valence electrons. The lowest BCUT2D eigenvalue weighted by Gasteiger charge is -2.13. The maximum atomic E-state index is 13.2. The number of benzene rings is 2. The number of amides is 1. The first kappa shape index (κ1) is 18.3. The maximum Gasteiger partial charge on any atom is 0.265 e. The van der Waals surface area contributed by atoms with Crippen LogP contribution in [0, 0.1) is 0 Å². The molecule has 0 atom stereocenters. The second-order valence-corrected chi connectivity index (χ2v) is 7.53. The Kier molecular flexibility index (Phi) is 4.63. The topological polar surface area (TPSA) is 81.8 Å². The Hall–Kier alpha value is -3.74. The smallest absolute Gasteiger partial charge is 0.265 e. The van der Waals surface area contributed by atoms with Crippen LogP contribution < -0.4 is 10.9 Å². The van der Waals surface area contributed by atoms with Crippen molar-refractivity contribution in [3.8, 4) is 5.69 Å². The highest BCUT2D eigenvalue weighted by atomic mass is 16.2. The summed E-state index contributed by atoms with van der Waals surface area (Å²) in [6.07, 6.45) is 3.48. The summed E-state index contributed by atoms with van der Waals surface area (Å²) in [5.74, 6) is 0.669. The van der Waals surface area contributed by atoms with Gasteiger partial charge >= 0.3 is 0 Å². The lowest BCUT2D eigenvalue weighted by molar-refractivity contribution is -0.121. The molecular weight excluding hydrogens is 378 g/mol. The van der Waals surface area contributed by atoms with E-state index in [0.717, 1.165) is 24.1 Å². The average molecular weight is 399 g/mol. The molecule has 5 rings (SSSR count). The minimum absolute atomic E-state index is 0.0447. The molecular formula is C23H21N5O2. The minimum Gasteiger partial charge on any atom is -0.350 e. The molecule has 0 spiro atoms. The quantitative estimate of drug-likeness (QED) is 0.541. The first-order valence-electron chi connectivity index (χ1n) is 10.1. The second kappa shape index (κ2) is 7.59. The fourth-order valence-electron chi connectivity index (χ4n) is 3.58. The molecule has 2 heterocycles. The lowest BCUT2D eigenvalue weighted by atomic mass is 10.2. The van der Waals surface area contributed by atoms with Gasteiger partial charge in [-0.3, -0.25) is 14.2 Å². The first-order valence-corrected chi connectivity index (χ1v) is 10.1. The third-order valence-corrected chi connectivity index (χ3v) is 5.29. The van der Waals surface area contributed by atoms with Gasteiger partial charge in [-0.25, -0.2) is 9.67 Å². The number of aromatic nitrogens is 4. The Morgan fingerprint density at radius 3 is 2.43 bits per heavy atom. The number of fused-ring (bicyclic) bond motifs is 1. The highest BCUT2D eigenvalue weighted by molar-refractivity contribution is 5.78. The van der Waals surface area contributed by atoms with Crippen LogP contribution >= 0.6 is 0 Å². The van der Waals surface area contributed by atoms with Crippen molar-refractivity contribution in [2.75, 3.05) is 0 Å². The normalized spacial score (nSPS) is 13.5. The zero-order valence-corrected chi connectivity index (χ0v) is 16.4. The average Bonchev–Trinajstić information content (AvgIpc) is 3.54. The molecule has 1 aliphatic rings. The van der Waals surface area contributed by atoms with Crippen molar-refractivity contribution in [1.29, 1.82) is 0 Å². The molecule has 0 radical (unpaired) electrons. The van der Waals surface area contributed by atoms with E-state index in [1.807, 2.05) is 60.7 Å². The fraction of sp³-hybridized carbons (Fsp3) is 0.217. The summed E-state index contributed by atoms with van der Waals surface area (Å²) in [4.78, 5) is 30.6. The van der Waals surface area contributed by atoms with E-state index < -0.39 is 0 Å². The SMILES string of the molecule is O=C(Cn1c(C2CC2)nc2c(cnn2-c2ccccc2)c1=O)NCc1ccccc1. The van der Waals surface area contributed by atoms with Crippen molar-refractivity contribution in [2.24, 2.45) is 0 Å². The van der Waals surface area contributed by atoms with Crippen molar-refractivity contribution in [1.82, 2.24) is 24.6 Å². The van der Waals surface area contributed by atoms with Crippen molar-refractivity contribution in [3.63, 3.8) is 0 Å². The standard InChI is InChI=1S/C23H21N5O2/c29-20(24-13-16-7-3-1-4-8-16)15-27-21(17-11-12-17)26-22-19(23(27)30)14-25-28(22)18-9-5-2-6-10-18/h1-10,14,17H,11-13,15H2,(H,24,29). The highest BCUT2D eigenvalue weighted by Gasteiger charge is 2.30. The summed E-state index contributed by atoms with van der Waals surface area (Å²) in [7, 11) is 0. The molecule has 30 heavy (non-hydrogen) atoms. The molecule has 1 amide bonds. The summed E-state index contributed by atoms with van der Waals surface area (Å²) in [6, 6.07) is 19.3. The van der Waals surface area contributed by atoms with E-state index in [2.05, 4.69) is 10.4 Å². The van der Waals surface area contributed by atoms with E-state index in [-0.39, 0.29) is 23.9 Å². The maximum absolute atomic E-state index is 13.2. The van der Waals surface area contributed by atoms with Crippen LogP contribution in [0.15, 0.2) is 71.7 Å². The predicted molar refractivity (Wildman–Crippen MR) is 113 cm³/mol. The monoisotopic (exact) mass is 399 g/mol. The summed E-state index contributed by atoms with van der Waals surface area (Å²) < 4.78 is 3.19. The molecule has 0 saturated heterocycles. The number of nitrogens with zero attached hydrogens (tertiary/aromatic N) is 4. The molecule has 1 fully saturated rings. The van der Waals surface area contributed by atoms with Crippen molar-refractivity contribution in [2.45, 2.75) is 31.8 Å². The van der Waals surface area contributed by atoms with Gasteiger partial charge in [0.25, 0.3) is 5.56 Å². The molecule has 1 aliphatic carbocycles. The second-order valence-electron chi connectivity index (χ2n) is 7.53. The van der Waals surface area contributed by atoms with E-state index >= 15 is 0 Å². The minimum atomic E-state index is -0.223. The number of hydrogen-bond acceptors (Lipinski definition) is 4. The molecule has 4 aromatic rings. The Morgan fingerprint density at radius 1 is 1.03 bits per heavy atom. The molecule has 7 heteroatoms. The Morgan fingerprint density at radius 2 is 1.73 bits per heavy atom. The summed E-state index contributed by atoms with van der Waals surface area (Å²) in [5, 5.41) is 7.69. The van der Waals surface area contributed by atoms with E-state index in [0.29, 0.717) is 23.4 Å². The zero-order chi connectivity index (χ0) is 20.5. The summed E-state index contributed by atoms with van der Waals surface area (Å²) in [6.45, 7) is 0.381. The number of rotatable bonds is 6. The highest BCUT2D eigenvalue weighted by Crippen LogP contribution is 2.39. The van der Waals surface area contributed by atoms with Crippen LogP contribution in [-0.4, -0.2) is 25.2 Å². The van der Waals surface area contributed by atoms with Gasteiger partial charge in [0.2, 0.25) is 5.91 Å². The van der Waals surface area contributed by atoms with Gasteiger partial charge in [-0.15, -0.1) is 0 Å². The largest absolute Gasteiger partial charge is 0.350 e. The number of carbonyl (C=O) groups is 1. The van der Waals surface area contributed by atoms with Gasteiger partial charge in [0.1, 0.15) is 17.8 Å². The van der Waals surface area contributed by atoms with E-state index in [9.17, 15) is 9.59 Å². The number of para-hydroxylation sites is 1. The van der Waals surface area contributed by atoms with E-state index in [1.165, 1.54) is 10.8 Å². The lowest BCUT2D eigenvalue weighted by Crippen LogP contribution is -2.34. The Labute approximate surface area is 173 Å². The summed E-state index contributed by atoms with van der Waals surface area (Å²) >= 11 is 0. The number of hydrogen-bond donors (Lipinski definition) is 1. The fourth-order valence-corrected chi connectivity index (χ4v) is 3.58. The van der Waals surface area contributed by atoms with Crippen LogP contribution in [0.25, 0.3) is 16.7 Å². The van der Waals surface area contributed by atoms with Gasteiger partial charge in [-0.1, -0.05) is 48.5 Å². The van der Waals surface area contributed by atoms with E-state index in [1.54, 1.807) is 4.68 Å². The zero-order valence-electron chi connectivity index (χ0n) is 16.4. The van der Waals surface area contributed by atoms with Gasteiger partial charge in [0.05, 0.1) is 11.9 Å². The Balaban J connectivity index is 1.48. The van der Waals surface area contributed by atoms with Gasteiger partial charge < -0.3 is 5.32 Å². The molecule has 2 aromatic heterocycles. The van der Waals surface area contributed by atoms with Crippen molar-refractivity contribution < 1.29 is 4.79 Å². The molecule has 1 N–H and O–H groups in total. The van der Waals surface area contributed by atoms with Crippen LogP contribution in [-0.2, 0) is 17.9 Å². The first-order chi connectivity index (χ1) is 14.7. The van der Waals surface area contributed by atoms with Crippen LogP contribution in [0.4, 0.5) is 0 Å². The van der Waals surface area contributed by atoms with Crippen LogP contribution in [0.3, 0.4) is 0 Å². The number of nitrogens with one attached hydrogen (secondary N) is 1. The van der Waals surface area contributed by atoms with Crippen molar-refractivity contribution in [3.05, 3.63) is 88.6 Å². The van der Waals surface area contributed by atoms with Gasteiger partial charge in [0, 0.05) is 12.5 Å². The summed E-state index contributed by atoms with van der Waals surface area (Å²) in [5.41, 5.74) is 2.17. The van der Waals surface area contributed by atoms with Crippen LogP contribution in [0.2, 0.25) is 0 Å². The molecule has 1 saturated carbocycles. The molecule has 0 bridgehead atoms. The third-order valence-electron chi connectivity index (χ3n) is 5.29. The molecule has 0 unspecified atom stereocenters. The van der Waals surface area contributed by atoms with E-state index in [4.69, 9.17) is 4.98 Å². The van der Waals surface area contributed by atoms with Gasteiger partial charge in [-0.2, -0.15) is 5.10 Å². The van der Waals surface area contributed by atoms with Crippen molar-refractivity contribution >= 4 is 16.9 Å². The third kappa shape index (κ3) is 3.50. The van der Waals surface area contributed by atoms with Crippen LogP contribution in [0.5, 0.6) is 0 Å². The molecule has 2 aromatic carbocycles. The predicted octanol–water partition coefficient (Wildman–Crippen LogP) is 2.78. The van der Waals surface area contributed by atoms with Gasteiger partial charge in [0.15, 0.2) is 5.65 Å². The van der Waals surface area contributed by atoms with Gasteiger partial charge in [-0.05, 0) is 30.5 Å².